The van der Waals surface area contributed by atoms with Gasteiger partial charge in [-0.3, -0.25) is 4.98 Å². The molecule has 112 valence electrons. The van der Waals surface area contributed by atoms with Crippen molar-refractivity contribution in [2.75, 3.05) is 18.0 Å². The van der Waals surface area contributed by atoms with Crippen LogP contribution in [0.1, 0.15) is 29.4 Å². The highest BCUT2D eigenvalue weighted by atomic mass is 15.4. The highest BCUT2D eigenvalue weighted by Gasteiger charge is 2.26. The molecule has 1 aliphatic heterocycles. The fourth-order valence-corrected chi connectivity index (χ4v) is 3.25. The van der Waals surface area contributed by atoms with E-state index >= 15 is 0 Å². The SMILES string of the molecule is Cc1cc(N2CCC(c3ccccn3)C2)n2nc(C)cc2n1. The standard InChI is InChI=1S/C17H19N5/c1-12-10-17(22-16(19-12)9-13(2)20-22)21-8-6-14(11-21)15-5-3-4-7-18-15/h3-5,7,9-10,14H,6,8,11H2,1-2H3. The molecule has 4 rings (SSSR count). The fraction of sp³-hybridized carbons (Fsp3) is 0.353. The summed E-state index contributed by atoms with van der Waals surface area (Å²) in [5.74, 6) is 1.62. The number of aromatic nitrogens is 4. The summed E-state index contributed by atoms with van der Waals surface area (Å²) in [6.07, 6.45) is 3.00. The topological polar surface area (TPSA) is 46.3 Å². The molecule has 22 heavy (non-hydrogen) atoms. The molecule has 0 saturated carbocycles. The first kappa shape index (κ1) is 13.2. The van der Waals surface area contributed by atoms with Crippen LogP contribution in [-0.4, -0.2) is 32.7 Å². The monoisotopic (exact) mass is 293 g/mol. The molecule has 1 unspecified atom stereocenters. The van der Waals surface area contributed by atoms with E-state index in [1.807, 2.05) is 36.7 Å². The van der Waals surface area contributed by atoms with Gasteiger partial charge < -0.3 is 4.90 Å². The van der Waals surface area contributed by atoms with Crippen molar-refractivity contribution in [1.29, 1.82) is 0 Å². The third-order valence-corrected chi connectivity index (χ3v) is 4.28. The van der Waals surface area contributed by atoms with Crippen LogP contribution < -0.4 is 4.90 Å². The molecule has 0 aromatic carbocycles. The molecule has 1 fully saturated rings. The van der Waals surface area contributed by atoms with Gasteiger partial charge in [0.1, 0.15) is 5.82 Å². The highest BCUT2D eigenvalue weighted by molar-refractivity contribution is 5.52. The Morgan fingerprint density at radius 1 is 1.14 bits per heavy atom. The normalized spacial score (nSPS) is 18.3. The molecule has 3 aromatic rings. The van der Waals surface area contributed by atoms with E-state index in [1.54, 1.807) is 0 Å². The summed E-state index contributed by atoms with van der Waals surface area (Å²) in [5.41, 5.74) is 4.14. The van der Waals surface area contributed by atoms with Crippen LogP contribution in [0.15, 0.2) is 36.5 Å². The first-order chi connectivity index (χ1) is 10.7. The van der Waals surface area contributed by atoms with E-state index in [2.05, 4.69) is 38.2 Å². The largest absolute Gasteiger partial charge is 0.356 e. The first-order valence-electron chi connectivity index (χ1n) is 7.70. The summed E-state index contributed by atoms with van der Waals surface area (Å²) in [4.78, 5) is 11.5. The third-order valence-electron chi connectivity index (χ3n) is 4.28. The van der Waals surface area contributed by atoms with Crippen LogP contribution in [0.2, 0.25) is 0 Å². The summed E-state index contributed by atoms with van der Waals surface area (Å²) in [6, 6.07) is 10.3. The molecule has 1 aliphatic rings. The fourth-order valence-electron chi connectivity index (χ4n) is 3.25. The van der Waals surface area contributed by atoms with E-state index in [0.717, 1.165) is 42.4 Å². The van der Waals surface area contributed by atoms with Crippen LogP contribution in [0.3, 0.4) is 0 Å². The molecule has 0 amide bonds. The van der Waals surface area contributed by atoms with Crippen LogP contribution in [0.5, 0.6) is 0 Å². The van der Waals surface area contributed by atoms with Crippen LogP contribution in [-0.2, 0) is 0 Å². The van der Waals surface area contributed by atoms with Gasteiger partial charge in [0.2, 0.25) is 0 Å². The maximum absolute atomic E-state index is 4.59. The maximum atomic E-state index is 4.59. The van der Waals surface area contributed by atoms with Gasteiger partial charge in [0.05, 0.1) is 5.69 Å². The molecule has 0 spiro atoms. The summed E-state index contributed by atoms with van der Waals surface area (Å²) in [5, 5.41) is 4.59. The van der Waals surface area contributed by atoms with Crippen molar-refractivity contribution < 1.29 is 0 Å². The molecule has 0 aliphatic carbocycles. The summed E-state index contributed by atoms with van der Waals surface area (Å²) < 4.78 is 1.96. The molecule has 0 radical (unpaired) electrons. The Bertz CT molecular complexity index is 809. The Balaban J connectivity index is 1.69. The number of pyridine rings is 1. The summed E-state index contributed by atoms with van der Waals surface area (Å²) in [7, 11) is 0. The van der Waals surface area contributed by atoms with Gasteiger partial charge in [-0.25, -0.2) is 4.98 Å². The highest BCUT2D eigenvalue weighted by Crippen LogP contribution is 2.30. The van der Waals surface area contributed by atoms with E-state index in [0.29, 0.717) is 5.92 Å². The van der Waals surface area contributed by atoms with Crippen molar-refractivity contribution in [2.45, 2.75) is 26.2 Å². The van der Waals surface area contributed by atoms with E-state index in [4.69, 9.17) is 0 Å². The molecule has 4 heterocycles. The number of nitrogens with zero attached hydrogens (tertiary/aromatic N) is 5. The Morgan fingerprint density at radius 3 is 2.86 bits per heavy atom. The zero-order valence-electron chi connectivity index (χ0n) is 12.9. The first-order valence-corrected chi connectivity index (χ1v) is 7.70. The minimum atomic E-state index is 0.487. The number of anilines is 1. The number of hydrogen-bond acceptors (Lipinski definition) is 4. The molecule has 1 atom stereocenters. The molecule has 0 N–H and O–H groups in total. The average Bonchev–Trinajstić information content (AvgIpc) is 3.13. The second-order valence-electron chi connectivity index (χ2n) is 6.00. The Labute approximate surface area is 129 Å². The molecule has 0 bridgehead atoms. The molecule has 1 saturated heterocycles. The lowest BCUT2D eigenvalue weighted by Gasteiger charge is -2.19. The molecule has 5 heteroatoms. The molecular weight excluding hydrogens is 274 g/mol. The van der Waals surface area contributed by atoms with Crippen molar-refractivity contribution in [2.24, 2.45) is 0 Å². The van der Waals surface area contributed by atoms with E-state index in [9.17, 15) is 0 Å². The number of fused-ring (bicyclic) bond motifs is 1. The van der Waals surface area contributed by atoms with Gasteiger partial charge in [0.15, 0.2) is 5.65 Å². The Hall–Kier alpha value is -2.43. The van der Waals surface area contributed by atoms with Gasteiger partial charge >= 0.3 is 0 Å². The summed E-state index contributed by atoms with van der Waals surface area (Å²) >= 11 is 0. The predicted molar refractivity (Wildman–Crippen MR) is 86.3 cm³/mol. The molecule has 5 nitrogen and oxygen atoms in total. The second kappa shape index (κ2) is 5.09. The minimum absolute atomic E-state index is 0.487. The minimum Gasteiger partial charge on any atom is -0.356 e. The van der Waals surface area contributed by atoms with Gasteiger partial charge in [0.25, 0.3) is 0 Å². The molecular formula is C17H19N5. The van der Waals surface area contributed by atoms with Crippen molar-refractivity contribution in [3.63, 3.8) is 0 Å². The summed E-state index contributed by atoms with van der Waals surface area (Å²) in [6.45, 7) is 6.06. The van der Waals surface area contributed by atoms with Crippen molar-refractivity contribution in [3.05, 3.63) is 53.6 Å². The van der Waals surface area contributed by atoms with Crippen molar-refractivity contribution in [3.8, 4) is 0 Å². The van der Waals surface area contributed by atoms with Crippen molar-refractivity contribution >= 4 is 11.5 Å². The van der Waals surface area contributed by atoms with Crippen LogP contribution in [0.25, 0.3) is 5.65 Å². The smallest absolute Gasteiger partial charge is 0.157 e. The van der Waals surface area contributed by atoms with E-state index < -0.39 is 0 Å². The van der Waals surface area contributed by atoms with Gasteiger partial charge in [-0.1, -0.05) is 6.07 Å². The van der Waals surface area contributed by atoms with E-state index in [1.165, 1.54) is 5.69 Å². The Morgan fingerprint density at radius 2 is 2.05 bits per heavy atom. The van der Waals surface area contributed by atoms with Gasteiger partial charge in [-0.05, 0) is 32.4 Å². The lowest BCUT2D eigenvalue weighted by molar-refractivity contribution is 0.741. The lowest BCUT2D eigenvalue weighted by Crippen LogP contribution is -2.22. The van der Waals surface area contributed by atoms with Gasteiger partial charge in [0, 0.05) is 48.7 Å². The number of hydrogen-bond donors (Lipinski definition) is 0. The van der Waals surface area contributed by atoms with Crippen LogP contribution in [0.4, 0.5) is 5.82 Å². The quantitative estimate of drug-likeness (QED) is 0.729. The number of rotatable bonds is 2. The Kier molecular flexibility index (Phi) is 3.06. The second-order valence-corrected chi connectivity index (χ2v) is 6.00. The zero-order valence-corrected chi connectivity index (χ0v) is 12.9. The van der Waals surface area contributed by atoms with Crippen LogP contribution >= 0.6 is 0 Å². The molecule has 3 aromatic heterocycles. The average molecular weight is 293 g/mol. The van der Waals surface area contributed by atoms with Crippen LogP contribution in [0, 0.1) is 13.8 Å². The van der Waals surface area contributed by atoms with Crippen molar-refractivity contribution in [1.82, 2.24) is 19.6 Å². The predicted octanol–water partition coefficient (Wildman–Crippen LogP) is 2.74. The van der Waals surface area contributed by atoms with E-state index in [-0.39, 0.29) is 0 Å². The maximum Gasteiger partial charge on any atom is 0.157 e. The lowest BCUT2D eigenvalue weighted by atomic mass is 10.0. The van der Waals surface area contributed by atoms with Gasteiger partial charge in [-0.2, -0.15) is 9.61 Å². The zero-order chi connectivity index (χ0) is 15.1. The third kappa shape index (κ3) is 2.22. The van der Waals surface area contributed by atoms with Gasteiger partial charge in [-0.15, -0.1) is 0 Å². The number of aryl methyl sites for hydroxylation is 2.